The van der Waals surface area contributed by atoms with E-state index in [-0.39, 0.29) is 0 Å². The van der Waals surface area contributed by atoms with Crippen molar-refractivity contribution in [3.8, 4) is 0 Å². The first-order valence-electron chi connectivity index (χ1n) is 10.9. The summed E-state index contributed by atoms with van der Waals surface area (Å²) in [5.41, 5.74) is -4.25. The highest BCUT2D eigenvalue weighted by Gasteiger charge is 2.33. The third-order valence-electron chi connectivity index (χ3n) is 4.64. The molecule has 0 aromatic rings. The van der Waals surface area contributed by atoms with Crippen LogP contribution < -0.4 is 0 Å². The Morgan fingerprint density at radius 3 is 0.581 bits per heavy atom. The number of hydrogen-bond acceptors (Lipinski definition) is 18. The Bertz CT molecular complexity index is 671. The molecule has 0 atom stereocenters. The summed E-state index contributed by atoms with van der Waals surface area (Å²) in [5.74, 6) is 0. The van der Waals surface area contributed by atoms with E-state index in [0.717, 1.165) is 0 Å². The third kappa shape index (κ3) is 29.4. The minimum Gasteiger partial charge on any atom is -0.396 e. The maximum Gasteiger partial charge on any atom is 0.469 e. The molecular weight excluding hydrogens is 688 g/mol. The quantitative estimate of drug-likeness (QED) is 0.0583. The van der Waals surface area contributed by atoms with E-state index in [1.165, 1.54) is 0 Å². The molecule has 0 bridgehead atoms. The van der Waals surface area contributed by atoms with Crippen molar-refractivity contribution in [1.82, 2.24) is 0 Å². The summed E-state index contributed by atoms with van der Waals surface area (Å²) in [4.78, 5) is 71.6. The van der Waals surface area contributed by atoms with E-state index in [9.17, 15) is 13.7 Å². The summed E-state index contributed by atoms with van der Waals surface area (Å²) >= 11 is 0. The lowest BCUT2D eigenvalue weighted by Gasteiger charge is -2.26. The smallest absolute Gasteiger partial charge is 0.396 e. The zero-order valence-corrected chi connectivity index (χ0v) is 25.9. The molecule has 0 spiro atoms. The van der Waals surface area contributed by atoms with E-state index in [1.807, 2.05) is 0 Å². The first-order valence-corrected chi connectivity index (χ1v) is 16.6. The molecule has 0 amide bonds. The fourth-order valence-corrected chi connectivity index (χ4v) is 2.85. The molecule has 0 heterocycles. The van der Waals surface area contributed by atoms with Gasteiger partial charge in [0.2, 0.25) is 0 Å². The van der Waals surface area contributed by atoms with Crippen LogP contribution in [0.1, 0.15) is 0 Å². The van der Waals surface area contributed by atoms with Gasteiger partial charge in [0.15, 0.2) is 0 Å². The van der Waals surface area contributed by atoms with Crippen LogP contribution in [0.5, 0.6) is 0 Å². The maximum absolute atomic E-state index is 10.3. The molecule has 266 valence electrons. The molecule has 18 N–H and O–H groups in total. The average Bonchev–Trinajstić information content (AvgIpc) is 2.91. The summed E-state index contributed by atoms with van der Waals surface area (Å²) in [5, 5.41) is 78.5. The molecule has 0 saturated carbocycles. The molecule has 28 heteroatoms. The summed E-state index contributed by atoms with van der Waals surface area (Å²) in [6.07, 6.45) is 0. The molecule has 24 nitrogen and oxygen atoms in total. The molecular formula is C15H42O24P4. The Hall–Kier alpha value is 0.280. The van der Waals surface area contributed by atoms with Crippen molar-refractivity contribution in [2.45, 2.75) is 0 Å². The molecule has 0 aliphatic heterocycles. The molecule has 0 aliphatic rings. The van der Waals surface area contributed by atoms with Crippen molar-refractivity contribution < 1.29 is 117 Å². The SMILES string of the molecule is O=P(O)(O)OCC(CO)(CO)CO.O=P(O)(O)OCC(CO)(CO)CO.O=P(O)(O)OCC(CO)(CO)CO.OP(O)O. The van der Waals surface area contributed by atoms with Crippen molar-refractivity contribution in [3.63, 3.8) is 0 Å². The number of phosphoric acid groups is 3. The van der Waals surface area contributed by atoms with Gasteiger partial charge in [-0.15, -0.1) is 0 Å². The third-order valence-corrected chi connectivity index (χ3v) is 6.03. The van der Waals surface area contributed by atoms with Gasteiger partial charge in [0.05, 0.1) is 95.5 Å². The zero-order valence-electron chi connectivity index (χ0n) is 22.3. The van der Waals surface area contributed by atoms with E-state index >= 15 is 0 Å². The molecule has 0 radical (unpaired) electrons. The van der Waals surface area contributed by atoms with Crippen molar-refractivity contribution in [3.05, 3.63) is 0 Å². The Balaban J connectivity index is -0.000000249. The number of aliphatic hydroxyl groups excluding tert-OH is 9. The lowest BCUT2D eigenvalue weighted by molar-refractivity contribution is -0.0325. The maximum atomic E-state index is 10.3. The summed E-state index contributed by atoms with van der Waals surface area (Å²) in [7, 11) is -16.5. The van der Waals surface area contributed by atoms with Crippen LogP contribution in [-0.2, 0) is 27.3 Å². The predicted molar refractivity (Wildman–Crippen MR) is 139 cm³/mol. The van der Waals surface area contributed by atoms with Crippen LogP contribution in [0.3, 0.4) is 0 Å². The second-order valence-corrected chi connectivity index (χ2v) is 12.7. The Labute approximate surface area is 245 Å². The largest absolute Gasteiger partial charge is 0.469 e. The fraction of sp³-hybridized carbons (Fsp3) is 1.00. The lowest BCUT2D eigenvalue weighted by atomic mass is 9.93. The molecule has 0 fully saturated rings. The second kappa shape index (κ2) is 24.5. The van der Waals surface area contributed by atoms with E-state index in [0.29, 0.717) is 0 Å². The predicted octanol–water partition coefficient (Wildman–Crippen LogP) is -6.63. The standard InChI is InChI=1S/3C5H13O7P.H3O3P/c3*6-1-5(2-7,3-8)4-12-13(9,10)11;1-4(2)3/h3*6-8H,1-4H2,(H2,9,10,11);1-3H. The molecule has 0 aromatic carbocycles. The number of rotatable bonds is 18. The summed E-state index contributed by atoms with van der Waals surface area (Å²) < 4.78 is 42.9. The minimum atomic E-state index is -4.64. The van der Waals surface area contributed by atoms with Crippen LogP contribution >= 0.6 is 32.1 Å². The number of hydrogen-bond donors (Lipinski definition) is 18. The highest BCUT2D eigenvalue weighted by Crippen LogP contribution is 2.39. The van der Waals surface area contributed by atoms with E-state index in [2.05, 4.69) is 13.6 Å². The molecule has 0 aromatic heterocycles. The van der Waals surface area contributed by atoms with E-state index in [1.54, 1.807) is 0 Å². The Morgan fingerprint density at radius 2 is 0.512 bits per heavy atom. The molecule has 0 saturated heterocycles. The van der Waals surface area contributed by atoms with Crippen molar-refractivity contribution >= 4 is 32.1 Å². The average molecular weight is 730 g/mol. The van der Waals surface area contributed by atoms with Gasteiger partial charge in [-0.25, -0.2) is 13.7 Å². The Kier molecular flexibility index (Phi) is 28.5. The molecule has 0 unspecified atom stereocenters. The monoisotopic (exact) mass is 730 g/mol. The zero-order chi connectivity index (χ0) is 35.2. The van der Waals surface area contributed by atoms with Crippen LogP contribution in [0.2, 0.25) is 0 Å². The van der Waals surface area contributed by atoms with Gasteiger partial charge in [0.1, 0.15) is 0 Å². The summed E-state index contributed by atoms with van der Waals surface area (Å²) in [6.45, 7) is -7.46. The molecule has 43 heavy (non-hydrogen) atoms. The van der Waals surface area contributed by atoms with Crippen LogP contribution in [0, 0.1) is 16.2 Å². The molecule has 0 rings (SSSR count). The number of aliphatic hydroxyl groups is 9. The van der Waals surface area contributed by atoms with Gasteiger partial charge in [-0.3, -0.25) is 13.6 Å². The topological polar surface area (TPSA) is 443 Å². The Morgan fingerprint density at radius 1 is 0.395 bits per heavy atom. The lowest BCUT2D eigenvalue weighted by Crippen LogP contribution is -2.38. The minimum absolute atomic E-state index is 0.610. The van der Waals surface area contributed by atoms with Gasteiger partial charge < -0.3 is 90.0 Å². The fourth-order valence-electron chi connectivity index (χ4n) is 1.52. The van der Waals surface area contributed by atoms with Gasteiger partial charge in [-0.1, -0.05) is 0 Å². The van der Waals surface area contributed by atoms with Gasteiger partial charge in [0, 0.05) is 0 Å². The van der Waals surface area contributed by atoms with Gasteiger partial charge >= 0.3 is 32.1 Å². The number of phosphoric ester groups is 3. The normalized spacial score (nSPS) is 12.9. The van der Waals surface area contributed by atoms with Crippen molar-refractivity contribution in [2.75, 3.05) is 79.3 Å². The van der Waals surface area contributed by atoms with Crippen LogP contribution in [0.15, 0.2) is 0 Å². The molecule has 0 aliphatic carbocycles. The van der Waals surface area contributed by atoms with Gasteiger partial charge in [-0.05, 0) is 0 Å². The van der Waals surface area contributed by atoms with Gasteiger partial charge in [-0.2, -0.15) is 0 Å². The van der Waals surface area contributed by atoms with E-state index in [4.69, 9.17) is 90.0 Å². The van der Waals surface area contributed by atoms with Gasteiger partial charge in [0.25, 0.3) is 0 Å². The highest BCUT2D eigenvalue weighted by atomic mass is 31.2. The highest BCUT2D eigenvalue weighted by molar-refractivity contribution is 7.46. The second-order valence-electron chi connectivity index (χ2n) is 8.48. The van der Waals surface area contributed by atoms with E-state index < -0.39 is 128 Å². The van der Waals surface area contributed by atoms with Crippen molar-refractivity contribution in [2.24, 2.45) is 16.2 Å². The van der Waals surface area contributed by atoms with Crippen LogP contribution in [0.25, 0.3) is 0 Å². The van der Waals surface area contributed by atoms with Crippen LogP contribution in [0.4, 0.5) is 0 Å². The first kappa shape index (κ1) is 50.1. The van der Waals surface area contributed by atoms with Crippen LogP contribution in [-0.4, -0.2) is 169 Å². The summed E-state index contributed by atoms with van der Waals surface area (Å²) in [6, 6.07) is 0. The first-order chi connectivity index (χ1) is 19.4. The van der Waals surface area contributed by atoms with Crippen molar-refractivity contribution in [1.29, 1.82) is 0 Å².